The molecule has 118 valence electrons. The van der Waals surface area contributed by atoms with Gasteiger partial charge in [0, 0.05) is 37.5 Å². The van der Waals surface area contributed by atoms with Crippen LogP contribution < -0.4 is 0 Å². The highest BCUT2D eigenvalue weighted by atomic mass is 35.5. The maximum atomic E-state index is 12.7. The van der Waals surface area contributed by atoms with Crippen molar-refractivity contribution in [3.05, 3.63) is 23.5 Å². The Morgan fingerprint density at radius 3 is 2.67 bits per heavy atom. The highest BCUT2D eigenvalue weighted by molar-refractivity contribution is 7.89. The van der Waals surface area contributed by atoms with E-state index in [-0.39, 0.29) is 22.5 Å². The van der Waals surface area contributed by atoms with Crippen LogP contribution in [-0.2, 0) is 14.8 Å². The van der Waals surface area contributed by atoms with Gasteiger partial charge < -0.3 is 4.74 Å². The van der Waals surface area contributed by atoms with Gasteiger partial charge in [0.25, 0.3) is 0 Å². The Bertz CT molecular complexity index is 618. The van der Waals surface area contributed by atoms with Crippen molar-refractivity contribution in [3.63, 3.8) is 0 Å². The van der Waals surface area contributed by atoms with Crippen molar-refractivity contribution >= 4 is 21.6 Å². The zero-order valence-electron chi connectivity index (χ0n) is 12.7. The molecule has 0 aromatic carbocycles. The molecule has 1 saturated carbocycles. The summed E-state index contributed by atoms with van der Waals surface area (Å²) in [6, 6.07) is 1.32. The van der Waals surface area contributed by atoms with Gasteiger partial charge in [0.05, 0.1) is 11.1 Å². The summed E-state index contributed by atoms with van der Waals surface area (Å²) in [4.78, 5) is 3.97. The highest BCUT2D eigenvalue weighted by Crippen LogP contribution is 2.46. The molecule has 1 aliphatic carbocycles. The second-order valence-electron chi connectivity index (χ2n) is 5.88. The molecule has 7 heteroatoms. The molecular formula is C14H21ClN2O3S. The molecule has 0 bridgehead atoms. The van der Waals surface area contributed by atoms with Crippen molar-refractivity contribution in [2.24, 2.45) is 5.41 Å². The molecule has 1 aromatic heterocycles. The Morgan fingerprint density at radius 1 is 1.48 bits per heavy atom. The van der Waals surface area contributed by atoms with Crippen LogP contribution in [0, 0.1) is 5.41 Å². The average Bonchev–Trinajstić information content (AvgIpc) is 2.42. The largest absolute Gasteiger partial charge is 0.378 e. The molecule has 1 heterocycles. The summed E-state index contributed by atoms with van der Waals surface area (Å²) in [6.45, 7) is 6.64. The van der Waals surface area contributed by atoms with Crippen molar-refractivity contribution in [2.45, 2.75) is 44.2 Å². The summed E-state index contributed by atoms with van der Waals surface area (Å²) >= 11 is 5.84. The Morgan fingerprint density at radius 2 is 2.14 bits per heavy atom. The van der Waals surface area contributed by atoms with Crippen LogP contribution in [0.15, 0.2) is 23.4 Å². The Labute approximate surface area is 131 Å². The molecule has 21 heavy (non-hydrogen) atoms. The van der Waals surface area contributed by atoms with E-state index in [1.165, 1.54) is 22.8 Å². The van der Waals surface area contributed by atoms with E-state index in [1.54, 1.807) is 7.05 Å². The average molecular weight is 333 g/mol. The molecule has 0 spiro atoms. The molecule has 0 amide bonds. The molecule has 5 nitrogen and oxygen atoms in total. The first-order valence-corrected chi connectivity index (χ1v) is 8.73. The van der Waals surface area contributed by atoms with Gasteiger partial charge in [-0.2, -0.15) is 4.31 Å². The van der Waals surface area contributed by atoms with Crippen LogP contribution in [0.5, 0.6) is 0 Å². The third-order valence-corrected chi connectivity index (χ3v) is 6.33. The van der Waals surface area contributed by atoms with E-state index < -0.39 is 10.0 Å². The van der Waals surface area contributed by atoms with Crippen LogP contribution >= 0.6 is 11.6 Å². The highest BCUT2D eigenvalue weighted by Gasteiger charge is 2.53. The molecule has 1 aliphatic rings. The van der Waals surface area contributed by atoms with Crippen LogP contribution in [-0.4, -0.2) is 43.5 Å². The van der Waals surface area contributed by atoms with Gasteiger partial charge in [0.1, 0.15) is 4.90 Å². The van der Waals surface area contributed by atoms with Crippen molar-refractivity contribution in [1.82, 2.24) is 9.29 Å². The maximum absolute atomic E-state index is 12.7. The summed E-state index contributed by atoms with van der Waals surface area (Å²) in [7, 11) is -2.00. The van der Waals surface area contributed by atoms with Gasteiger partial charge in [-0.3, -0.25) is 4.98 Å². The van der Waals surface area contributed by atoms with E-state index in [9.17, 15) is 8.42 Å². The van der Waals surface area contributed by atoms with E-state index in [2.05, 4.69) is 4.98 Å². The molecule has 1 fully saturated rings. The zero-order chi connectivity index (χ0) is 15.8. The van der Waals surface area contributed by atoms with E-state index in [0.717, 1.165) is 0 Å². The van der Waals surface area contributed by atoms with Gasteiger partial charge in [-0.05, 0) is 19.4 Å². The third kappa shape index (κ3) is 2.95. The molecular weight excluding hydrogens is 312 g/mol. The minimum absolute atomic E-state index is 0.0858. The van der Waals surface area contributed by atoms with Crippen molar-refractivity contribution in [1.29, 1.82) is 0 Å². The fraction of sp³-hybridized carbons (Fsp3) is 0.643. The van der Waals surface area contributed by atoms with Crippen LogP contribution in [0.3, 0.4) is 0 Å². The van der Waals surface area contributed by atoms with Gasteiger partial charge in [0.2, 0.25) is 10.0 Å². The van der Waals surface area contributed by atoms with Crippen LogP contribution in [0.4, 0.5) is 0 Å². The summed E-state index contributed by atoms with van der Waals surface area (Å²) in [5, 5.41) is 0.310. The smallest absolute Gasteiger partial charge is 0.244 e. The normalized spacial score (nSPS) is 24.9. The monoisotopic (exact) mass is 332 g/mol. The molecule has 1 aromatic rings. The lowest BCUT2D eigenvalue weighted by molar-refractivity contribution is -0.129. The molecule has 2 atom stereocenters. The number of sulfonamides is 1. The Kier molecular flexibility index (Phi) is 4.63. The van der Waals surface area contributed by atoms with Crippen molar-refractivity contribution in [2.75, 3.05) is 13.7 Å². The number of hydrogen-bond acceptors (Lipinski definition) is 4. The summed E-state index contributed by atoms with van der Waals surface area (Å²) in [6.07, 6.45) is 3.52. The fourth-order valence-electron chi connectivity index (χ4n) is 2.83. The van der Waals surface area contributed by atoms with Crippen molar-refractivity contribution in [3.8, 4) is 0 Å². The second kappa shape index (κ2) is 5.83. The second-order valence-corrected chi connectivity index (χ2v) is 8.31. The zero-order valence-corrected chi connectivity index (χ0v) is 14.3. The Hall–Kier alpha value is -0.690. The molecule has 0 radical (unpaired) electrons. The lowest BCUT2D eigenvalue weighted by Gasteiger charge is -2.54. The van der Waals surface area contributed by atoms with Gasteiger partial charge in [0.15, 0.2) is 0 Å². The minimum atomic E-state index is -3.60. The predicted molar refractivity (Wildman–Crippen MR) is 81.8 cm³/mol. The summed E-state index contributed by atoms with van der Waals surface area (Å²) in [5.41, 5.74) is -0.218. The molecule has 0 saturated heterocycles. The standard InChI is InChI=1S/C14H21ClN2O3S/c1-5-20-13-7-12(14(13,2)3)17(4)21(18,19)11-6-10(15)8-16-9-11/h6,8-9,12-13H,5,7H2,1-4H3/t12-,13+/m0/s1. The number of nitrogens with zero attached hydrogens (tertiary/aromatic N) is 2. The molecule has 0 unspecified atom stereocenters. The number of pyridine rings is 1. The predicted octanol–water partition coefficient (Wildman–Crippen LogP) is 2.56. The maximum Gasteiger partial charge on any atom is 0.244 e. The van der Waals surface area contributed by atoms with Gasteiger partial charge in [-0.25, -0.2) is 8.42 Å². The fourth-order valence-corrected chi connectivity index (χ4v) is 4.57. The lowest BCUT2D eigenvalue weighted by atomic mass is 9.64. The number of rotatable bonds is 5. The SMILES string of the molecule is CCO[C@@H]1C[C@H](N(C)S(=O)(=O)c2cncc(Cl)c2)C1(C)C. The van der Waals surface area contributed by atoms with Crippen molar-refractivity contribution < 1.29 is 13.2 Å². The first-order valence-electron chi connectivity index (χ1n) is 6.91. The molecule has 2 rings (SSSR count). The van der Waals surface area contributed by atoms with Gasteiger partial charge >= 0.3 is 0 Å². The number of hydrogen-bond donors (Lipinski definition) is 0. The number of halogens is 1. The quantitative estimate of drug-likeness (QED) is 0.831. The van der Waals surface area contributed by atoms with E-state index in [4.69, 9.17) is 16.3 Å². The molecule has 0 N–H and O–H groups in total. The topological polar surface area (TPSA) is 59.5 Å². The van der Waals surface area contributed by atoms with E-state index in [0.29, 0.717) is 18.1 Å². The number of ether oxygens (including phenoxy) is 1. The molecule has 0 aliphatic heterocycles. The summed E-state index contributed by atoms with van der Waals surface area (Å²) in [5.74, 6) is 0. The lowest BCUT2D eigenvalue weighted by Crippen LogP contribution is -2.62. The van der Waals surface area contributed by atoms with Crippen LogP contribution in [0.2, 0.25) is 5.02 Å². The van der Waals surface area contributed by atoms with Gasteiger partial charge in [-0.15, -0.1) is 0 Å². The van der Waals surface area contributed by atoms with Crippen LogP contribution in [0.25, 0.3) is 0 Å². The minimum Gasteiger partial charge on any atom is -0.378 e. The van der Waals surface area contributed by atoms with Gasteiger partial charge in [-0.1, -0.05) is 25.4 Å². The van der Waals surface area contributed by atoms with E-state index >= 15 is 0 Å². The first kappa shape index (κ1) is 16.7. The third-order valence-electron chi connectivity index (χ3n) is 4.29. The first-order chi connectivity index (χ1) is 9.71. The van der Waals surface area contributed by atoms with Crippen LogP contribution in [0.1, 0.15) is 27.2 Å². The number of aromatic nitrogens is 1. The summed E-state index contributed by atoms with van der Waals surface area (Å²) < 4.78 is 32.4. The Balaban J connectivity index is 2.23. The van der Waals surface area contributed by atoms with E-state index in [1.807, 2.05) is 20.8 Å².